The molecule has 104 valence electrons. The first kappa shape index (κ1) is 12.3. The van der Waals surface area contributed by atoms with Crippen LogP contribution in [0, 0.1) is 0 Å². The van der Waals surface area contributed by atoms with Crippen LogP contribution in [-0.2, 0) is 6.42 Å². The molecule has 0 aliphatic heterocycles. The van der Waals surface area contributed by atoms with E-state index in [0.29, 0.717) is 16.1 Å². The Bertz CT molecular complexity index is 1030. The minimum Gasteiger partial charge on any atom is -0.289 e. The van der Waals surface area contributed by atoms with Crippen LogP contribution >= 0.6 is 11.6 Å². The molecule has 1 aliphatic rings. The fourth-order valence-electron chi connectivity index (χ4n) is 2.51. The lowest BCUT2D eigenvalue weighted by Gasteiger charge is -1.97. The molecule has 4 rings (SSSR count). The van der Waals surface area contributed by atoms with Crippen LogP contribution in [-0.4, -0.2) is 19.6 Å². The van der Waals surface area contributed by atoms with Crippen molar-refractivity contribution in [1.82, 2.24) is 19.6 Å². The van der Waals surface area contributed by atoms with Crippen LogP contribution in [0.5, 0.6) is 0 Å². The molecule has 2 heterocycles. The van der Waals surface area contributed by atoms with Gasteiger partial charge in [0.05, 0.1) is 11.0 Å². The first-order valence-corrected chi connectivity index (χ1v) is 7.04. The Balaban J connectivity index is 2.06. The maximum absolute atomic E-state index is 12.1. The Hall–Kier alpha value is -2.40. The van der Waals surface area contributed by atoms with Gasteiger partial charge in [-0.25, -0.2) is 4.98 Å². The summed E-state index contributed by atoms with van der Waals surface area (Å²) in [5.74, 6) is 0.454. The number of aromatic nitrogens is 4. The van der Waals surface area contributed by atoms with Crippen molar-refractivity contribution < 1.29 is 0 Å². The van der Waals surface area contributed by atoms with Gasteiger partial charge in [0.25, 0.3) is 5.56 Å². The lowest BCUT2D eigenvalue weighted by atomic mass is 10.2. The van der Waals surface area contributed by atoms with Gasteiger partial charge >= 0.3 is 0 Å². The van der Waals surface area contributed by atoms with Crippen LogP contribution < -0.4 is 16.3 Å². The van der Waals surface area contributed by atoms with Crippen molar-refractivity contribution in [3.05, 3.63) is 61.6 Å². The number of fused-ring (bicyclic) bond motifs is 2. The van der Waals surface area contributed by atoms with Crippen molar-refractivity contribution in [3.63, 3.8) is 0 Å². The van der Waals surface area contributed by atoms with Crippen LogP contribution in [0.3, 0.4) is 0 Å². The fraction of sp³-hybridized carbons (Fsp3) is 0.133. The molecule has 6 heteroatoms. The number of nitrogens with one attached hydrogen (secondary N) is 1. The van der Waals surface area contributed by atoms with Gasteiger partial charge < -0.3 is 0 Å². The summed E-state index contributed by atoms with van der Waals surface area (Å²) in [7, 11) is 0. The molecule has 2 aromatic heterocycles. The molecular weight excluding hydrogens is 288 g/mol. The van der Waals surface area contributed by atoms with E-state index in [4.69, 9.17) is 11.6 Å². The second kappa shape index (κ2) is 4.56. The first-order chi connectivity index (χ1) is 10.2. The van der Waals surface area contributed by atoms with Crippen LogP contribution in [0.2, 0.25) is 5.02 Å². The number of rotatable bonds is 1. The molecule has 0 saturated heterocycles. The number of H-pyrrole nitrogens is 1. The molecule has 5 nitrogen and oxygen atoms in total. The van der Waals surface area contributed by atoms with E-state index < -0.39 is 0 Å². The molecule has 0 saturated carbocycles. The third-order valence-corrected chi connectivity index (χ3v) is 3.89. The summed E-state index contributed by atoms with van der Waals surface area (Å²) in [6.45, 7) is 0. The van der Waals surface area contributed by atoms with E-state index in [2.05, 4.69) is 15.1 Å². The molecule has 0 bridgehead atoms. The minimum absolute atomic E-state index is 0.224. The van der Waals surface area contributed by atoms with Gasteiger partial charge in [-0.05, 0) is 30.5 Å². The predicted octanol–water partition coefficient (Wildman–Crippen LogP) is 0.627. The number of nitrogens with zero attached hydrogens (tertiary/aromatic N) is 3. The lowest BCUT2D eigenvalue weighted by molar-refractivity contribution is 0.808. The van der Waals surface area contributed by atoms with E-state index >= 15 is 0 Å². The predicted molar refractivity (Wildman–Crippen MR) is 80.7 cm³/mol. The number of aromatic amines is 1. The van der Waals surface area contributed by atoms with Gasteiger partial charge in [-0.3, -0.25) is 9.78 Å². The molecule has 0 fully saturated rings. The van der Waals surface area contributed by atoms with Gasteiger partial charge in [0.15, 0.2) is 0 Å². The van der Waals surface area contributed by atoms with Gasteiger partial charge in [-0.1, -0.05) is 35.9 Å². The molecule has 3 aromatic rings. The van der Waals surface area contributed by atoms with Crippen LogP contribution in [0.25, 0.3) is 17.9 Å². The number of benzene rings is 1. The molecule has 1 N–H and O–H groups in total. The Morgan fingerprint density at radius 1 is 1.33 bits per heavy atom. The second-order valence-electron chi connectivity index (χ2n) is 4.93. The van der Waals surface area contributed by atoms with E-state index in [1.54, 1.807) is 16.7 Å². The van der Waals surface area contributed by atoms with E-state index in [9.17, 15) is 4.79 Å². The second-order valence-corrected chi connectivity index (χ2v) is 5.33. The van der Waals surface area contributed by atoms with E-state index in [-0.39, 0.29) is 5.56 Å². The molecular formula is C15H11ClN4O. The topological polar surface area (TPSA) is 63.0 Å². The summed E-state index contributed by atoms with van der Waals surface area (Å²) in [6.07, 6.45) is 5.56. The molecule has 0 atom stereocenters. The Kier molecular flexibility index (Phi) is 2.68. The van der Waals surface area contributed by atoms with E-state index in [1.807, 2.05) is 24.3 Å². The first-order valence-electron chi connectivity index (χ1n) is 6.67. The maximum atomic E-state index is 12.1. The summed E-state index contributed by atoms with van der Waals surface area (Å²) in [6, 6.07) is 7.37. The minimum atomic E-state index is -0.224. The van der Waals surface area contributed by atoms with Gasteiger partial charge in [0.1, 0.15) is 5.35 Å². The third kappa shape index (κ3) is 1.97. The number of hydrogen-bond donors (Lipinski definition) is 1. The Labute approximate surface area is 124 Å². The third-order valence-electron chi connectivity index (χ3n) is 3.55. The van der Waals surface area contributed by atoms with Gasteiger partial charge in [0, 0.05) is 5.02 Å². The van der Waals surface area contributed by atoms with E-state index in [0.717, 1.165) is 29.4 Å². The molecule has 0 amide bonds. The smallest absolute Gasteiger partial charge is 0.276 e. The van der Waals surface area contributed by atoms with Crippen LogP contribution in [0.1, 0.15) is 17.7 Å². The van der Waals surface area contributed by atoms with Crippen molar-refractivity contribution in [2.45, 2.75) is 12.8 Å². The average molecular weight is 299 g/mol. The lowest BCUT2D eigenvalue weighted by Crippen LogP contribution is -2.28. The Morgan fingerprint density at radius 2 is 2.19 bits per heavy atom. The Morgan fingerprint density at radius 3 is 3.05 bits per heavy atom. The summed E-state index contributed by atoms with van der Waals surface area (Å²) < 4.78 is 1.56. The summed E-state index contributed by atoms with van der Waals surface area (Å²) >= 11 is 6.14. The zero-order chi connectivity index (χ0) is 14.4. The highest BCUT2D eigenvalue weighted by Gasteiger charge is 2.11. The largest absolute Gasteiger partial charge is 0.289 e. The van der Waals surface area contributed by atoms with Crippen molar-refractivity contribution in [2.24, 2.45) is 0 Å². The monoisotopic (exact) mass is 298 g/mol. The van der Waals surface area contributed by atoms with Crippen molar-refractivity contribution in [1.29, 1.82) is 0 Å². The van der Waals surface area contributed by atoms with Crippen LogP contribution in [0.4, 0.5) is 0 Å². The van der Waals surface area contributed by atoms with Crippen molar-refractivity contribution >= 4 is 29.5 Å². The summed E-state index contributed by atoms with van der Waals surface area (Å²) in [4.78, 5) is 19.3. The SMILES string of the molecule is O=c1[nH]c2nc3c(nn2/c1=C/c1ccccc1Cl)CCC=3. The van der Waals surface area contributed by atoms with E-state index in [1.165, 1.54) is 0 Å². The molecule has 1 aliphatic carbocycles. The quantitative estimate of drug-likeness (QED) is 0.716. The highest BCUT2D eigenvalue weighted by atomic mass is 35.5. The van der Waals surface area contributed by atoms with Crippen LogP contribution in [0.15, 0.2) is 29.1 Å². The highest BCUT2D eigenvalue weighted by molar-refractivity contribution is 6.32. The molecule has 0 spiro atoms. The fourth-order valence-corrected chi connectivity index (χ4v) is 2.70. The number of aryl methyl sites for hydroxylation is 1. The number of hydrogen-bond acceptors (Lipinski definition) is 3. The van der Waals surface area contributed by atoms with Gasteiger partial charge in [-0.2, -0.15) is 9.61 Å². The normalized spacial score (nSPS) is 14.4. The molecule has 0 unspecified atom stereocenters. The number of halogens is 1. The van der Waals surface area contributed by atoms with Crippen molar-refractivity contribution in [2.75, 3.05) is 0 Å². The molecule has 0 radical (unpaired) electrons. The zero-order valence-electron chi connectivity index (χ0n) is 11.0. The highest BCUT2D eigenvalue weighted by Crippen LogP contribution is 2.14. The van der Waals surface area contributed by atoms with Crippen molar-refractivity contribution in [3.8, 4) is 0 Å². The van der Waals surface area contributed by atoms with Gasteiger partial charge in [0.2, 0.25) is 5.78 Å². The zero-order valence-corrected chi connectivity index (χ0v) is 11.8. The summed E-state index contributed by atoms with van der Waals surface area (Å²) in [5, 5.41) is 6.40. The maximum Gasteiger partial charge on any atom is 0.276 e. The summed E-state index contributed by atoms with van der Waals surface area (Å²) in [5.41, 5.74) is 1.47. The van der Waals surface area contributed by atoms with Gasteiger partial charge in [-0.15, -0.1) is 0 Å². The molecule has 21 heavy (non-hydrogen) atoms. The average Bonchev–Trinajstić information content (AvgIpc) is 3.03. The molecule has 1 aromatic carbocycles. The number of imidazole rings is 1. The standard InChI is InChI=1S/C15H11ClN4O/c16-10-5-2-1-4-9(10)8-13-14(21)18-15-17-11-6-3-7-12(11)19-20(13)15/h1-2,4-6,8H,3,7H2,(H,17,18,21)/b13-8+.